The number of amides is 1. The Bertz CT molecular complexity index is 1010. The van der Waals surface area contributed by atoms with Gasteiger partial charge >= 0.3 is 5.97 Å². The van der Waals surface area contributed by atoms with Gasteiger partial charge in [0, 0.05) is 0 Å². The number of nitrogens with zero attached hydrogens (tertiary/aromatic N) is 1. The number of hydrogen-bond acceptors (Lipinski definition) is 6. The maximum absolute atomic E-state index is 12.3. The van der Waals surface area contributed by atoms with Crippen LogP contribution < -0.4 is 14.8 Å². The fourth-order valence-electron chi connectivity index (χ4n) is 2.60. The van der Waals surface area contributed by atoms with Gasteiger partial charge in [-0.15, -0.1) is 0 Å². The zero-order valence-electron chi connectivity index (χ0n) is 15.5. The Morgan fingerprint density at radius 2 is 1.89 bits per heavy atom. The highest BCUT2D eigenvalue weighted by Gasteiger charge is 2.24. The van der Waals surface area contributed by atoms with Crippen molar-refractivity contribution in [2.24, 2.45) is 4.99 Å². The van der Waals surface area contributed by atoms with E-state index in [0.29, 0.717) is 27.3 Å². The maximum atomic E-state index is 12.3. The van der Waals surface area contributed by atoms with E-state index in [1.54, 1.807) is 50.6 Å². The van der Waals surface area contributed by atoms with Gasteiger partial charge in [-0.3, -0.25) is 4.79 Å². The molecule has 1 heterocycles. The molecule has 2 aromatic carbocycles. The molecule has 0 aromatic heterocycles. The normalized spacial score (nSPS) is 16.3. The molecule has 8 heteroatoms. The molecule has 1 saturated heterocycles. The Kier molecular flexibility index (Phi) is 5.70. The number of nitrogens with one attached hydrogen (secondary N) is 1. The van der Waals surface area contributed by atoms with Gasteiger partial charge in [-0.1, -0.05) is 12.1 Å². The monoisotopic (exact) mass is 398 g/mol. The average molecular weight is 398 g/mol. The van der Waals surface area contributed by atoms with Crippen LogP contribution in [0.15, 0.2) is 46.3 Å². The summed E-state index contributed by atoms with van der Waals surface area (Å²) < 4.78 is 10.5. The smallest absolute Gasteiger partial charge is 0.337 e. The van der Waals surface area contributed by atoms with Crippen molar-refractivity contribution < 1.29 is 24.2 Å². The maximum Gasteiger partial charge on any atom is 0.337 e. The van der Waals surface area contributed by atoms with Gasteiger partial charge in [-0.05, 0) is 60.2 Å². The predicted molar refractivity (Wildman–Crippen MR) is 108 cm³/mol. The van der Waals surface area contributed by atoms with Gasteiger partial charge in [0.1, 0.15) is 0 Å². The highest BCUT2D eigenvalue weighted by atomic mass is 32.2. The number of carboxylic acids is 1. The first kappa shape index (κ1) is 19.5. The van der Waals surface area contributed by atoms with Gasteiger partial charge in [-0.2, -0.15) is 0 Å². The van der Waals surface area contributed by atoms with Crippen molar-refractivity contribution in [2.45, 2.75) is 6.92 Å². The van der Waals surface area contributed by atoms with Gasteiger partial charge in [0.25, 0.3) is 5.91 Å². The van der Waals surface area contributed by atoms with Crippen molar-refractivity contribution in [1.82, 2.24) is 5.32 Å². The van der Waals surface area contributed by atoms with E-state index in [2.05, 4.69) is 10.3 Å². The average Bonchev–Trinajstić information content (AvgIpc) is 3.00. The number of benzene rings is 2. The zero-order chi connectivity index (χ0) is 20.3. The quantitative estimate of drug-likeness (QED) is 0.747. The van der Waals surface area contributed by atoms with Crippen molar-refractivity contribution in [3.8, 4) is 11.5 Å². The molecule has 2 N–H and O–H groups in total. The number of hydrogen-bond donors (Lipinski definition) is 2. The summed E-state index contributed by atoms with van der Waals surface area (Å²) >= 11 is 1.14. The Hall–Kier alpha value is -3.26. The minimum atomic E-state index is -1.07. The lowest BCUT2D eigenvalue weighted by molar-refractivity contribution is -0.115. The molecule has 1 fully saturated rings. The molecule has 0 bridgehead atoms. The fourth-order valence-corrected chi connectivity index (χ4v) is 3.43. The molecule has 7 nitrogen and oxygen atoms in total. The highest BCUT2D eigenvalue weighted by Crippen LogP contribution is 2.32. The van der Waals surface area contributed by atoms with Crippen LogP contribution in [0, 0.1) is 6.92 Å². The van der Waals surface area contributed by atoms with Crippen molar-refractivity contribution in [3.05, 3.63) is 58.0 Å². The topological polar surface area (TPSA) is 97.2 Å². The minimum Gasteiger partial charge on any atom is -0.493 e. The van der Waals surface area contributed by atoms with Crippen LogP contribution in [0.3, 0.4) is 0 Å². The van der Waals surface area contributed by atoms with Crippen molar-refractivity contribution in [1.29, 1.82) is 0 Å². The molecule has 0 aliphatic carbocycles. The van der Waals surface area contributed by atoms with Crippen molar-refractivity contribution >= 4 is 40.6 Å². The molecule has 2 aromatic rings. The van der Waals surface area contributed by atoms with Crippen LogP contribution in [0.1, 0.15) is 21.5 Å². The Morgan fingerprint density at radius 1 is 1.14 bits per heavy atom. The van der Waals surface area contributed by atoms with Gasteiger partial charge in [0.15, 0.2) is 16.7 Å². The second kappa shape index (κ2) is 8.18. The van der Waals surface area contributed by atoms with Gasteiger partial charge in [0.05, 0.1) is 30.4 Å². The molecule has 1 aliphatic rings. The van der Waals surface area contributed by atoms with Crippen LogP contribution in [0.5, 0.6) is 11.5 Å². The third-order valence-corrected chi connectivity index (χ3v) is 4.87. The van der Waals surface area contributed by atoms with Crippen LogP contribution >= 0.6 is 11.8 Å². The molecule has 1 aliphatic heterocycles. The van der Waals surface area contributed by atoms with Crippen LogP contribution in [-0.2, 0) is 4.79 Å². The summed E-state index contributed by atoms with van der Waals surface area (Å²) in [6.07, 6.45) is 1.71. The number of amidine groups is 1. The van der Waals surface area contributed by atoms with Crippen LogP contribution in [0.4, 0.5) is 5.69 Å². The van der Waals surface area contributed by atoms with E-state index in [-0.39, 0.29) is 11.5 Å². The molecule has 28 heavy (non-hydrogen) atoms. The van der Waals surface area contributed by atoms with E-state index in [9.17, 15) is 14.7 Å². The highest BCUT2D eigenvalue weighted by molar-refractivity contribution is 8.18. The van der Waals surface area contributed by atoms with Crippen molar-refractivity contribution in [3.63, 3.8) is 0 Å². The van der Waals surface area contributed by atoms with Gasteiger partial charge < -0.3 is 19.9 Å². The number of aromatic carboxylic acids is 1. The molecule has 0 unspecified atom stereocenters. The molecule has 3 rings (SSSR count). The summed E-state index contributed by atoms with van der Waals surface area (Å²) in [5, 5.41) is 12.3. The van der Waals surface area contributed by atoms with Crippen molar-refractivity contribution in [2.75, 3.05) is 14.2 Å². The Morgan fingerprint density at radius 3 is 2.57 bits per heavy atom. The third-order valence-electron chi connectivity index (χ3n) is 3.96. The first-order chi connectivity index (χ1) is 13.4. The van der Waals surface area contributed by atoms with Crippen LogP contribution in [-0.4, -0.2) is 36.4 Å². The third kappa shape index (κ3) is 4.17. The summed E-state index contributed by atoms with van der Waals surface area (Å²) in [6, 6.07) is 10.2. The molecule has 0 radical (unpaired) electrons. The number of methoxy groups -OCH3 is 2. The molecule has 0 spiro atoms. The van der Waals surface area contributed by atoms with Crippen LogP contribution in [0.25, 0.3) is 6.08 Å². The summed E-state index contributed by atoms with van der Waals surface area (Å²) in [5.41, 5.74) is 2.01. The summed E-state index contributed by atoms with van der Waals surface area (Å²) in [6.45, 7) is 1.85. The second-order valence-electron chi connectivity index (χ2n) is 5.92. The zero-order valence-corrected chi connectivity index (χ0v) is 16.3. The van der Waals surface area contributed by atoms with Crippen LogP contribution in [0.2, 0.25) is 0 Å². The Labute approximate surface area is 166 Å². The molecule has 0 atom stereocenters. The molecular weight excluding hydrogens is 380 g/mol. The largest absolute Gasteiger partial charge is 0.493 e. The lowest BCUT2D eigenvalue weighted by Gasteiger charge is -2.07. The van der Waals surface area contributed by atoms with Gasteiger partial charge in [-0.25, -0.2) is 9.79 Å². The molecule has 0 saturated carbocycles. The first-order valence-electron chi connectivity index (χ1n) is 8.27. The number of ether oxygens (including phenoxy) is 2. The minimum absolute atomic E-state index is 0.0743. The van der Waals surface area contributed by atoms with E-state index >= 15 is 0 Å². The second-order valence-corrected chi connectivity index (χ2v) is 6.95. The Balaban J connectivity index is 1.90. The summed E-state index contributed by atoms with van der Waals surface area (Å²) in [4.78, 5) is 28.4. The fraction of sp³-hybridized carbons (Fsp3) is 0.150. The lowest BCUT2D eigenvalue weighted by Crippen LogP contribution is -2.19. The molecule has 1 amide bonds. The number of thioether (sulfide) groups is 1. The number of carboxylic acid groups (broad SMARTS) is 1. The lowest BCUT2D eigenvalue weighted by atomic mass is 10.1. The van der Waals surface area contributed by atoms with E-state index in [1.165, 1.54) is 6.07 Å². The first-order valence-corrected chi connectivity index (χ1v) is 9.08. The number of aliphatic imine (C=N–C) groups is 1. The number of carbonyl (C=O) groups excluding carboxylic acids is 1. The molecule has 144 valence electrons. The van der Waals surface area contributed by atoms with E-state index in [0.717, 1.165) is 22.9 Å². The summed E-state index contributed by atoms with van der Waals surface area (Å²) in [5.74, 6) is -0.228. The SMILES string of the molecule is COc1ccc(/C=C2\SC(=Nc3cc(C)ccc3C(=O)O)NC2=O)cc1OC. The number of carbonyl (C=O) groups is 2. The standard InChI is InChI=1S/C20H18N2O5S/c1-11-4-6-13(19(24)25)14(8-11)21-20-22-18(23)17(28-20)10-12-5-7-15(26-2)16(9-12)27-3/h4-10H,1-3H3,(H,24,25)(H,21,22,23)/b17-10-. The van der Waals surface area contributed by atoms with E-state index in [4.69, 9.17) is 9.47 Å². The van der Waals surface area contributed by atoms with E-state index in [1.807, 2.05) is 6.92 Å². The number of aryl methyl sites for hydroxylation is 1. The van der Waals surface area contributed by atoms with E-state index < -0.39 is 5.97 Å². The predicted octanol–water partition coefficient (Wildman–Crippen LogP) is 3.60. The molecular formula is C20H18N2O5S. The number of rotatable bonds is 5. The van der Waals surface area contributed by atoms with Gasteiger partial charge in [0.2, 0.25) is 0 Å². The summed E-state index contributed by atoms with van der Waals surface area (Å²) in [7, 11) is 3.09.